The summed E-state index contributed by atoms with van der Waals surface area (Å²) in [5, 5.41) is 4.69. The molecule has 0 radical (unpaired) electrons. The molecule has 0 saturated heterocycles. The number of nitrogens with one attached hydrogen (secondary N) is 1. The highest BCUT2D eigenvalue weighted by atomic mass is 127. The number of halogens is 1. The molecule has 0 aliphatic carbocycles. The first-order valence-corrected chi connectivity index (χ1v) is 8.64. The number of hydrogen-bond acceptors (Lipinski definition) is 3. The largest absolute Gasteiger partial charge is 0.459 e. The molecule has 5 heteroatoms. The van der Waals surface area contributed by atoms with Crippen molar-refractivity contribution < 1.29 is 9.21 Å². The van der Waals surface area contributed by atoms with Crippen LogP contribution in [0.3, 0.4) is 0 Å². The van der Waals surface area contributed by atoms with E-state index in [1.165, 1.54) is 10.9 Å². The molecule has 1 aromatic heterocycles. The Kier molecular flexibility index (Phi) is 3.97. The molecule has 3 N–H and O–H groups in total. The van der Waals surface area contributed by atoms with Crippen LogP contribution in [0, 0.1) is 14.9 Å². The number of furan rings is 1. The Hall–Kier alpha value is -1.08. The second-order valence-corrected chi connectivity index (χ2v) is 7.89. The van der Waals surface area contributed by atoms with Gasteiger partial charge < -0.3 is 15.5 Å². The molecule has 0 bridgehead atoms. The SMILES string of the molecule is CC(C1NCCc2c1oc1cc(I)ccc21)C(C)(C)C(N)=O. The van der Waals surface area contributed by atoms with E-state index in [2.05, 4.69) is 53.0 Å². The summed E-state index contributed by atoms with van der Waals surface area (Å²) in [7, 11) is 0. The van der Waals surface area contributed by atoms with Crippen molar-refractivity contribution >= 4 is 39.5 Å². The molecule has 2 unspecified atom stereocenters. The molecule has 1 amide bonds. The third kappa shape index (κ3) is 2.44. The molecule has 0 saturated carbocycles. The minimum Gasteiger partial charge on any atom is -0.459 e. The highest BCUT2D eigenvalue weighted by molar-refractivity contribution is 14.1. The molecule has 2 heterocycles. The molecule has 0 spiro atoms. The van der Waals surface area contributed by atoms with E-state index in [0.717, 1.165) is 27.9 Å². The van der Waals surface area contributed by atoms with E-state index in [1.807, 2.05) is 13.8 Å². The number of rotatable bonds is 3. The quantitative estimate of drug-likeness (QED) is 0.760. The van der Waals surface area contributed by atoms with Gasteiger partial charge in [0.1, 0.15) is 11.3 Å². The van der Waals surface area contributed by atoms with E-state index in [9.17, 15) is 4.79 Å². The van der Waals surface area contributed by atoms with Gasteiger partial charge in [-0.3, -0.25) is 4.79 Å². The van der Waals surface area contributed by atoms with E-state index in [0.29, 0.717) is 0 Å². The number of fused-ring (bicyclic) bond motifs is 3. The number of hydrogen-bond donors (Lipinski definition) is 2. The number of benzene rings is 1. The zero-order valence-electron chi connectivity index (χ0n) is 13.1. The Bertz CT molecular complexity index is 736. The van der Waals surface area contributed by atoms with Gasteiger partial charge in [-0.15, -0.1) is 0 Å². The van der Waals surface area contributed by atoms with Crippen LogP contribution in [-0.2, 0) is 11.2 Å². The van der Waals surface area contributed by atoms with Crippen LogP contribution in [0.15, 0.2) is 22.6 Å². The molecule has 2 aromatic rings. The fraction of sp³-hybridized carbons (Fsp3) is 0.471. The van der Waals surface area contributed by atoms with E-state index >= 15 is 0 Å². The van der Waals surface area contributed by atoms with Crippen molar-refractivity contribution in [1.29, 1.82) is 0 Å². The van der Waals surface area contributed by atoms with Crippen molar-refractivity contribution in [1.82, 2.24) is 5.32 Å². The van der Waals surface area contributed by atoms with Gasteiger partial charge in [0.25, 0.3) is 0 Å². The summed E-state index contributed by atoms with van der Waals surface area (Å²) in [5.41, 5.74) is 7.19. The molecule has 1 aliphatic heterocycles. The van der Waals surface area contributed by atoms with Gasteiger partial charge in [-0.2, -0.15) is 0 Å². The predicted octanol–water partition coefficient (Wildman–Crippen LogP) is 3.37. The van der Waals surface area contributed by atoms with Gasteiger partial charge in [0, 0.05) is 26.5 Å². The Balaban J connectivity index is 2.08. The minimum absolute atomic E-state index is 0.0105. The van der Waals surface area contributed by atoms with E-state index in [4.69, 9.17) is 10.2 Å². The second-order valence-electron chi connectivity index (χ2n) is 6.64. The highest BCUT2D eigenvalue weighted by Gasteiger charge is 2.41. The van der Waals surface area contributed by atoms with Gasteiger partial charge >= 0.3 is 0 Å². The van der Waals surface area contributed by atoms with Crippen molar-refractivity contribution in [3.05, 3.63) is 33.1 Å². The van der Waals surface area contributed by atoms with Crippen LogP contribution in [0.5, 0.6) is 0 Å². The molecular formula is C17H21IN2O2. The van der Waals surface area contributed by atoms with Crippen LogP contribution in [0.4, 0.5) is 0 Å². The fourth-order valence-corrected chi connectivity index (χ4v) is 3.60. The number of primary amides is 1. The maximum atomic E-state index is 11.8. The van der Waals surface area contributed by atoms with Gasteiger partial charge in [-0.1, -0.05) is 20.8 Å². The zero-order valence-corrected chi connectivity index (χ0v) is 15.2. The summed E-state index contributed by atoms with van der Waals surface area (Å²) in [5.74, 6) is 0.730. The van der Waals surface area contributed by atoms with Crippen LogP contribution in [0.2, 0.25) is 0 Å². The first-order chi connectivity index (χ1) is 10.3. The lowest BCUT2D eigenvalue weighted by atomic mass is 9.73. The summed E-state index contributed by atoms with van der Waals surface area (Å²) in [6.45, 7) is 6.76. The monoisotopic (exact) mass is 412 g/mol. The van der Waals surface area contributed by atoms with Crippen molar-refractivity contribution in [3.63, 3.8) is 0 Å². The number of carbonyl (C=O) groups excluding carboxylic acids is 1. The van der Waals surface area contributed by atoms with Crippen LogP contribution in [-0.4, -0.2) is 12.5 Å². The lowest BCUT2D eigenvalue weighted by Gasteiger charge is -2.36. The van der Waals surface area contributed by atoms with Crippen LogP contribution in [0.25, 0.3) is 11.0 Å². The van der Waals surface area contributed by atoms with Crippen LogP contribution in [0.1, 0.15) is 38.1 Å². The molecule has 1 aromatic carbocycles. The lowest BCUT2D eigenvalue weighted by Crippen LogP contribution is -2.44. The topological polar surface area (TPSA) is 68.3 Å². The molecule has 4 nitrogen and oxygen atoms in total. The highest BCUT2D eigenvalue weighted by Crippen LogP contribution is 2.42. The number of carbonyl (C=O) groups is 1. The summed E-state index contributed by atoms with van der Waals surface area (Å²) in [6, 6.07) is 6.31. The second kappa shape index (κ2) is 5.53. The maximum Gasteiger partial charge on any atom is 0.223 e. The zero-order chi connectivity index (χ0) is 16.1. The standard InChI is InChI=1S/C17H21IN2O2/c1-9(17(2,3)16(19)21)14-15-12(6-7-20-14)11-5-4-10(18)8-13(11)22-15/h4-5,8-9,14,20H,6-7H2,1-3H3,(H2,19,21). The number of nitrogens with two attached hydrogens (primary N) is 1. The van der Waals surface area contributed by atoms with Gasteiger partial charge in [0.15, 0.2) is 0 Å². The summed E-state index contributed by atoms with van der Waals surface area (Å²) >= 11 is 2.29. The summed E-state index contributed by atoms with van der Waals surface area (Å²) < 4.78 is 7.32. The summed E-state index contributed by atoms with van der Waals surface area (Å²) in [4.78, 5) is 11.8. The van der Waals surface area contributed by atoms with E-state index in [-0.39, 0.29) is 17.9 Å². The van der Waals surface area contributed by atoms with Gasteiger partial charge in [0.2, 0.25) is 5.91 Å². The number of amides is 1. The lowest BCUT2D eigenvalue weighted by molar-refractivity contribution is -0.129. The molecule has 3 rings (SSSR count). The molecule has 1 aliphatic rings. The van der Waals surface area contributed by atoms with Gasteiger partial charge in [-0.25, -0.2) is 0 Å². The third-order valence-electron chi connectivity index (χ3n) is 5.08. The van der Waals surface area contributed by atoms with Gasteiger partial charge in [-0.05, 0) is 53.1 Å². The Labute approximate surface area is 143 Å². The third-order valence-corrected chi connectivity index (χ3v) is 5.75. The first-order valence-electron chi connectivity index (χ1n) is 7.56. The maximum absolute atomic E-state index is 11.8. The predicted molar refractivity (Wildman–Crippen MR) is 95.5 cm³/mol. The fourth-order valence-electron chi connectivity index (χ4n) is 3.14. The molecule has 22 heavy (non-hydrogen) atoms. The van der Waals surface area contributed by atoms with Crippen molar-refractivity contribution in [3.8, 4) is 0 Å². The average Bonchev–Trinajstić information content (AvgIpc) is 2.83. The van der Waals surface area contributed by atoms with Crippen LogP contribution < -0.4 is 11.1 Å². The van der Waals surface area contributed by atoms with Crippen molar-refractivity contribution in [2.24, 2.45) is 17.1 Å². The first kappa shape index (κ1) is 15.8. The Morgan fingerprint density at radius 1 is 1.50 bits per heavy atom. The van der Waals surface area contributed by atoms with Gasteiger partial charge in [0.05, 0.1) is 6.04 Å². The van der Waals surface area contributed by atoms with E-state index < -0.39 is 5.41 Å². The minimum atomic E-state index is -0.598. The van der Waals surface area contributed by atoms with Crippen molar-refractivity contribution in [2.45, 2.75) is 33.2 Å². The normalized spacial score (nSPS) is 19.9. The van der Waals surface area contributed by atoms with Crippen LogP contribution >= 0.6 is 22.6 Å². The smallest absolute Gasteiger partial charge is 0.223 e. The summed E-state index contributed by atoms with van der Waals surface area (Å²) in [6.07, 6.45) is 0.948. The molecule has 0 fully saturated rings. The molecule has 118 valence electrons. The molecular weight excluding hydrogens is 391 g/mol. The molecule has 2 atom stereocenters. The average molecular weight is 412 g/mol. The van der Waals surface area contributed by atoms with E-state index in [1.54, 1.807) is 0 Å². The van der Waals surface area contributed by atoms with Crippen molar-refractivity contribution in [2.75, 3.05) is 6.54 Å². The Morgan fingerprint density at radius 2 is 2.23 bits per heavy atom. The Morgan fingerprint density at radius 3 is 2.91 bits per heavy atom.